The maximum Gasteiger partial charge on any atom is 0.230 e. The number of rotatable bonds is 3. The molecule has 1 heterocycles. The first-order chi connectivity index (χ1) is 7.39. The van der Waals surface area contributed by atoms with E-state index in [-0.39, 0.29) is 6.04 Å². The van der Waals surface area contributed by atoms with Crippen LogP contribution in [0.5, 0.6) is 0 Å². The molecular formula is C10H19N3O2S. The molecule has 5 nitrogen and oxygen atoms in total. The molecule has 0 radical (unpaired) electrons. The van der Waals surface area contributed by atoms with E-state index in [1.807, 2.05) is 7.05 Å². The van der Waals surface area contributed by atoms with Crippen LogP contribution < -0.4 is 0 Å². The van der Waals surface area contributed by atoms with Gasteiger partial charge in [-0.05, 0) is 33.4 Å². The third-order valence-electron chi connectivity index (χ3n) is 3.14. The number of sulfonamides is 1. The summed E-state index contributed by atoms with van der Waals surface area (Å²) in [6, 6.07) is 1.79. The Morgan fingerprint density at radius 2 is 2.19 bits per heavy atom. The van der Waals surface area contributed by atoms with Crippen LogP contribution in [0.25, 0.3) is 0 Å². The van der Waals surface area contributed by atoms with Gasteiger partial charge in [0.05, 0.1) is 6.07 Å². The normalized spacial score (nSPS) is 25.3. The average Bonchev–Trinajstić information content (AvgIpc) is 2.26. The number of nitriles is 1. The van der Waals surface area contributed by atoms with Crippen molar-refractivity contribution >= 4 is 10.0 Å². The largest absolute Gasteiger partial charge is 0.305 e. The summed E-state index contributed by atoms with van der Waals surface area (Å²) in [5.74, 6) is 0. The molecule has 1 aliphatic heterocycles. The van der Waals surface area contributed by atoms with Crippen molar-refractivity contribution in [1.29, 1.82) is 5.26 Å². The molecule has 0 amide bonds. The monoisotopic (exact) mass is 245 g/mol. The second-order valence-corrected chi connectivity index (χ2v) is 6.70. The molecule has 0 aliphatic carbocycles. The van der Waals surface area contributed by atoms with Crippen molar-refractivity contribution in [2.75, 3.05) is 27.2 Å². The molecule has 1 rings (SSSR count). The predicted octanol–water partition coefficient (Wildman–Crippen LogP) is 0.254. The molecule has 6 heteroatoms. The molecule has 0 N–H and O–H groups in total. The summed E-state index contributed by atoms with van der Waals surface area (Å²) in [6.07, 6.45) is 1.88. The van der Waals surface area contributed by atoms with Gasteiger partial charge >= 0.3 is 0 Å². The maximum atomic E-state index is 12.0. The van der Waals surface area contributed by atoms with Crippen LogP contribution in [-0.2, 0) is 10.0 Å². The van der Waals surface area contributed by atoms with Crippen molar-refractivity contribution in [3.8, 4) is 6.07 Å². The molecule has 2 unspecified atom stereocenters. The maximum absolute atomic E-state index is 12.0. The van der Waals surface area contributed by atoms with E-state index in [0.29, 0.717) is 0 Å². The third-order valence-corrected chi connectivity index (χ3v) is 5.24. The molecule has 1 fully saturated rings. The fraction of sp³-hybridized carbons (Fsp3) is 0.900. The topological polar surface area (TPSA) is 64.4 Å². The fourth-order valence-electron chi connectivity index (χ4n) is 1.96. The van der Waals surface area contributed by atoms with E-state index in [0.717, 1.165) is 25.9 Å². The van der Waals surface area contributed by atoms with Crippen LogP contribution >= 0.6 is 0 Å². The van der Waals surface area contributed by atoms with E-state index in [1.165, 1.54) is 11.2 Å². The average molecular weight is 245 g/mol. The molecule has 0 aromatic rings. The second kappa shape index (κ2) is 5.13. The Labute approximate surface area is 97.7 Å². The van der Waals surface area contributed by atoms with E-state index in [2.05, 4.69) is 4.90 Å². The summed E-state index contributed by atoms with van der Waals surface area (Å²) in [4.78, 5) is 2.12. The van der Waals surface area contributed by atoms with Gasteiger partial charge in [0.25, 0.3) is 0 Å². The molecule has 0 aromatic heterocycles. The highest BCUT2D eigenvalue weighted by Gasteiger charge is 2.32. The highest BCUT2D eigenvalue weighted by Crippen LogP contribution is 2.18. The summed E-state index contributed by atoms with van der Waals surface area (Å²) in [5.41, 5.74) is 0. The summed E-state index contributed by atoms with van der Waals surface area (Å²) >= 11 is 0. The van der Waals surface area contributed by atoms with Gasteiger partial charge in [-0.2, -0.15) is 9.57 Å². The lowest BCUT2D eigenvalue weighted by Crippen LogP contribution is -2.49. The lowest BCUT2D eigenvalue weighted by atomic mass is 10.1. The lowest BCUT2D eigenvalue weighted by Gasteiger charge is -2.35. The second-order valence-electron chi connectivity index (χ2n) is 4.39. The number of nitrogens with zero attached hydrogens (tertiary/aromatic N) is 3. The first-order valence-corrected chi connectivity index (χ1v) is 6.95. The number of likely N-dealkylation sites (tertiary alicyclic amines) is 1. The zero-order valence-corrected chi connectivity index (χ0v) is 10.9. The summed E-state index contributed by atoms with van der Waals surface area (Å²) in [7, 11) is 0.0963. The van der Waals surface area contributed by atoms with E-state index < -0.39 is 15.3 Å². The van der Waals surface area contributed by atoms with Crippen molar-refractivity contribution in [2.24, 2.45) is 0 Å². The van der Waals surface area contributed by atoms with Gasteiger partial charge in [-0.3, -0.25) is 0 Å². The summed E-state index contributed by atoms with van der Waals surface area (Å²) in [6.45, 7) is 3.18. The molecule has 16 heavy (non-hydrogen) atoms. The van der Waals surface area contributed by atoms with Gasteiger partial charge in [0.1, 0.15) is 0 Å². The van der Waals surface area contributed by atoms with E-state index in [9.17, 15) is 8.42 Å². The molecule has 1 saturated heterocycles. The number of piperidine rings is 1. The number of likely N-dealkylation sites (N-methyl/N-ethyl adjacent to an activating group) is 2. The lowest BCUT2D eigenvalue weighted by molar-refractivity contribution is 0.187. The van der Waals surface area contributed by atoms with Gasteiger partial charge in [0, 0.05) is 19.6 Å². The Balaban J connectivity index is 2.78. The van der Waals surface area contributed by atoms with Gasteiger partial charge in [0.15, 0.2) is 5.25 Å². The predicted molar refractivity (Wildman–Crippen MR) is 62.3 cm³/mol. The highest BCUT2D eigenvalue weighted by molar-refractivity contribution is 7.89. The fourth-order valence-corrected chi connectivity index (χ4v) is 3.18. The Morgan fingerprint density at radius 1 is 1.56 bits per heavy atom. The highest BCUT2D eigenvalue weighted by atomic mass is 32.2. The first-order valence-electron chi connectivity index (χ1n) is 5.44. The van der Waals surface area contributed by atoms with Crippen molar-refractivity contribution in [3.63, 3.8) is 0 Å². The summed E-state index contributed by atoms with van der Waals surface area (Å²) < 4.78 is 25.3. The van der Waals surface area contributed by atoms with Crippen molar-refractivity contribution in [2.45, 2.75) is 31.1 Å². The van der Waals surface area contributed by atoms with Crippen molar-refractivity contribution < 1.29 is 8.42 Å². The molecule has 0 aromatic carbocycles. The summed E-state index contributed by atoms with van der Waals surface area (Å²) in [5, 5.41) is 7.74. The van der Waals surface area contributed by atoms with Gasteiger partial charge in [0.2, 0.25) is 10.0 Å². The van der Waals surface area contributed by atoms with Crippen LogP contribution in [0.1, 0.15) is 19.8 Å². The first kappa shape index (κ1) is 13.4. The van der Waals surface area contributed by atoms with Gasteiger partial charge in [-0.1, -0.05) is 0 Å². The zero-order chi connectivity index (χ0) is 12.3. The van der Waals surface area contributed by atoms with Crippen LogP contribution in [0, 0.1) is 11.3 Å². The molecule has 2 atom stereocenters. The standard InChI is InChI=1S/C10H19N3O2S/c1-9(7-11)16(14,15)13(3)10-5-4-6-12(2)8-10/h9-10H,4-6,8H2,1-3H3. The van der Waals surface area contributed by atoms with Crippen LogP contribution in [0.4, 0.5) is 0 Å². The minimum atomic E-state index is -3.47. The van der Waals surface area contributed by atoms with Crippen LogP contribution in [0.3, 0.4) is 0 Å². The van der Waals surface area contributed by atoms with Crippen LogP contribution in [-0.4, -0.2) is 56.1 Å². The zero-order valence-electron chi connectivity index (χ0n) is 10.0. The van der Waals surface area contributed by atoms with Crippen molar-refractivity contribution in [3.05, 3.63) is 0 Å². The smallest absolute Gasteiger partial charge is 0.230 e. The van der Waals surface area contributed by atoms with Crippen LogP contribution in [0.15, 0.2) is 0 Å². The van der Waals surface area contributed by atoms with E-state index >= 15 is 0 Å². The quantitative estimate of drug-likeness (QED) is 0.715. The Kier molecular flexibility index (Phi) is 4.30. The van der Waals surface area contributed by atoms with Crippen LogP contribution in [0.2, 0.25) is 0 Å². The Morgan fingerprint density at radius 3 is 2.69 bits per heavy atom. The number of hydrogen-bond donors (Lipinski definition) is 0. The minimum Gasteiger partial charge on any atom is -0.305 e. The number of hydrogen-bond acceptors (Lipinski definition) is 4. The molecule has 1 aliphatic rings. The third kappa shape index (κ3) is 2.73. The SMILES string of the molecule is CC(C#N)S(=O)(=O)N(C)C1CCCN(C)C1. The molecule has 0 spiro atoms. The molecule has 0 bridgehead atoms. The molecular weight excluding hydrogens is 226 g/mol. The van der Waals surface area contributed by atoms with Gasteiger partial charge in [-0.25, -0.2) is 8.42 Å². The van der Waals surface area contributed by atoms with Gasteiger partial charge < -0.3 is 4.90 Å². The Hall–Kier alpha value is -0.640. The molecule has 0 saturated carbocycles. The van der Waals surface area contributed by atoms with Crippen molar-refractivity contribution in [1.82, 2.24) is 9.21 Å². The molecule has 92 valence electrons. The van der Waals surface area contributed by atoms with E-state index in [1.54, 1.807) is 13.1 Å². The minimum absolute atomic E-state index is 0.000417. The van der Waals surface area contributed by atoms with E-state index in [4.69, 9.17) is 5.26 Å². The Bertz CT molecular complexity index is 374. The van der Waals surface area contributed by atoms with Gasteiger partial charge in [-0.15, -0.1) is 0 Å².